The van der Waals surface area contributed by atoms with Gasteiger partial charge in [0.1, 0.15) is 6.04 Å². The van der Waals surface area contributed by atoms with Gasteiger partial charge in [0.15, 0.2) is 0 Å². The van der Waals surface area contributed by atoms with Gasteiger partial charge in [-0.2, -0.15) is 0 Å². The summed E-state index contributed by atoms with van der Waals surface area (Å²) in [6, 6.07) is 5.70. The second kappa shape index (κ2) is 5.30. The highest BCUT2D eigenvalue weighted by molar-refractivity contribution is 6.30. The molecule has 16 heavy (non-hydrogen) atoms. The molecule has 1 aromatic carbocycles. The van der Waals surface area contributed by atoms with Crippen LogP contribution in [0.1, 0.15) is 11.6 Å². The first-order chi connectivity index (χ1) is 7.43. The number of carbonyl (C=O) groups is 1. The number of hydrogen-bond donors (Lipinski definition) is 2. The zero-order valence-corrected chi connectivity index (χ0v) is 9.98. The number of aliphatic carboxylic acids is 1. The molecule has 0 spiro atoms. The quantitative estimate of drug-likeness (QED) is 0.837. The Morgan fingerprint density at radius 2 is 1.88 bits per heavy atom. The molecule has 0 amide bonds. The minimum atomic E-state index is -1.02. The van der Waals surface area contributed by atoms with Gasteiger partial charge < -0.3 is 15.7 Å². The van der Waals surface area contributed by atoms with Crippen LogP contribution in [-0.2, 0) is 4.79 Å². The number of benzene rings is 1. The summed E-state index contributed by atoms with van der Waals surface area (Å²) >= 11 is 5.78. The second-order valence-corrected chi connectivity index (χ2v) is 4.26. The fourth-order valence-corrected chi connectivity index (χ4v) is 1.75. The van der Waals surface area contributed by atoms with E-state index in [1.807, 2.05) is 0 Å². The van der Waals surface area contributed by atoms with Crippen molar-refractivity contribution in [1.82, 2.24) is 4.90 Å². The molecule has 0 aliphatic heterocycles. The molecule has 3 N–H and O–H groups in total. The van der Waals surface area contributed by atoms with Gasteiger partial charge in [0.05, 0.1) is 6.04 Å². The molecule has 0 saturated heterocycles. The van der Waals surface area contributed by atoms with E-state index in [9.17, 15) is 4.79 Å². The third-order valence-electron chi connectivity index (χ3n) is 2.39. The van der Waals surface area contributed by atoms with E-state index in [4.69, 9.17) is 22.4 Å². The second-order valence-electron chi connectivity index (χ2n) is 3.82. The van der Waals surface area contributed by atoms with Crippen molar-refractivity contribution in [3.63, 3.8) is 0 Å². The summed E-state index contributed by atoms with van der Waals surface area (Å²) in [4.78, 5) is 12.7. The molecule has 0 fully saturated rings. The van der Waals surface area contributed by atoms with Crippen molar-refractivity contribution in [3.8, 4) is 0 Å². The molecule has 88 valence electrons. The number of halogens is 1. The molecule has 0 heterocycles. The summed E-state index contributed by atoms with van der Waals surface area (Å²) in [5.41, 5.74) is 6.49. The number of rotatable bonds is 4. The lowest BCUT2D eigenvalue weighted by atomic mass is 9.99. The summed E-state index contributed by atoms with van der Waals surface area (Å²) in [6.45, 7) is 0. The normalized spacial score (nSPS) is 14.8. The van der Waals surface area contributed by atoms with Crippen LogP contribution < -0.4 is 5.73 Å². The Labute approximate surface area is 99.6 Å². The van der Waals surface area contributed by atoms with Crippen molar-refractivity contribution in [1.29, 1.82) is 0 Å². The van der Waals surface area contributed by atoms with Gasteiger partial charge in [0, 0.05) is 5.02 Å². The Morgan fingerprint density at radius 1 is 1.38 bits per heavy atom. The number of nitrogens with zero attached hydrogens (tertiary/aromatic N) is 1. The molecular formula is C11H15ClN2O2. The zero-order chi connectivity index (χ0) is 12.3. The minimum absolute atomic E-state index is 0.366. The summed E-state index contributed by atoms with van der Waals surface area (Å²) in [5.74, 6) is -1.02. The molecule has 0 aliphatic rings. The van der Waals surface area contributed by atoms with E-state index < -0.39 is 12.0 Å². The molecule has 0 saturated carbocycles. The van der Waals surface area contributed by atoms with Crippen molar-refractivity contribution in [2.75, 3.05) is 14.1 Å². The highest BCUT2D eigenvalue weighted by Crippen LogP contribution is 2.22. The third kappa shape index (κ3) is 2.95. The maximum atomic E-state index is 10.9. The van der Waals surface area contributed by atoms with Gasteiger partial charge in [-0.1, -0.05) is 23.7 Å². The fraction of sp³-hybridized carbons (Fsp3) is 0.364. The van der Waals surface area contributed by atoms with Crippen LogP contribution in [-0.4, -0.2) is 36.1 Å². The Hall–Kier alpha value is -1.10. The summed E-state index contributed by atoms with van der Waals surface area (Å²) in [7, 11) is 3.59. The lowest BCUT2D eigenvalue weighted by molar-refractivity contribution is -0.140. The third-order valence-corrected chi connectivity index (χ3v) is 2.65. The van der Waals surface area contributed by atoms with E-state index in [0.717, 1.165) is 5.56 Å². The highest BCUT2D eigenvalue weighted by Gasteiger charge is 2.27. The smallest absolute Gasteiger partial charge is 0.322 e. The molecule has 0 aliphatic carbocycles. The van der Waals surface area contributed by atoms with E-state index in [2.05, 4.69) is 0 Å². The Bertz CT molecular complexity index is 365. The van der Waals surface area contributed by atoms with Gasteiger partial charge in [-0.3, -0.25) is 4.79 Å². The van der Waals surface area contributed by atoms with E-state index in [1.54, 1.807) is 43.3 Å². The van der Waals surface area contributed by atoms with Crippen molar-refractivity contribution in [3.05, 3.63) is 34.9 Å². The molecule has 0 radical (unpaired) electrons. The Morgan fingerprint density at radius 3 is 2.25 bits per heavy atom. The molecular weight excluding hydrogens is 228 g/mol. The molecule has 0 bridgehead atoms. The molecule has 2 unspecified atom stereocenters. The molecule has 1 rings (SSSR count). The van der Waals surface area contributed by atoms with E-state index in [1.165, 1.54) is 0 Å². The molecule has 1 aromatic rings. The number of nitrogens with two attached hydrogens (primary N) is 1. The molecule has 2 atom stereocenters. The van der Waals surface area contributed by atoms with Gasteiger partial charge >= 0.3 is 5.97 Å². The molecule has 0 aromatic heterocycles. The minimum Gasteiger partial charge on any atom is -0.480 e. The Kier molecular flexibility index (Phi) is 4.29. The average molecular weight is 243 g/mol. The van der Waals surface area contributed by atoms with Crippen LogP contribution in [0.15, 0.2) is 24.3 Å². The lowest BCUT2D eigenvalue weighted by Crippen LogP contribution is -2.43. The van der Waals surface area contributed by atoms with Crippen molar-refractivity contribution in [2.45, 2.75) is 12.1 Å². The van der Waals surface area contributed by atoms with E-state index >= 15 is 0 Å². The maximum absolute atomic E-state index is 10.9. The van der Waals surface area contributed by atoms with Gasteiger partial charge in [0.25, 0.3) is 0 Å². The highest BCUT2D eigenvalue weighted by atomic mass is 35.5. The zero-order valence-electron chi connectivity index (χ0n) is 9.22. The summed E-state index contributed by atoms with van der Waals surface area (Å²) in [6.07, 6.45) is 0. The van der Waals surface area contributed by atoms with Crippen LogP contribution in [0.3, 0.4) is 0 Å². The van der Waals surface area contributed by atoms with Crippen molar-refractivity contribution in [2.24, 2.45) is 5.73 Å². The van der Waals surface area contributed by atoms with E-state index in [0.29, 0.717) is 5.02 Å². The van der Waals surface area contributed by atoms with Crippen molar-refractivity contribution < 1.29 is 9.90 Å². The number of carboxylic acid groups (broad SMARTS) is 1. The van der Waals surface area contributed by atoms with Crippen LogP contribution in [0.25, 0.3) is 0 Å². The van der Waals surface area contributed by atoms with Gasteiger partial charge in [-0.05, 0) is 31.8 Å². The number of carboxylic acids is 1. The van der Waals surface area contributed by atoms with E-state index in [-0.39, 0.29) is 6.04 Å². The lowest BCUT2D eigenvalue weighted by Gasteiger charge is -2.27. The first-order valence-electron chi connectivity index (χ1n) is 4.83. The van der Waals surface area contributed by atoms with Crippen molar-refractivity contribution >= 4 is 17.6 Å². The van der Waals surface area contributed by atoms with Crippen LogP contribution in [0.2, 0.25) is 5.02 Å². The number of likely N-dealkylation sites (N-methyl/N-ethyl adjacent to an activating group) is 1. The largest absolute Gasteiger partial charge is 0.480 e. The summed E-state index contributed by atoms with van der Waals surface area (Å²) in [5, 5.41) is 9.56. The standard InChI is InChI=1S/C11H15ClN2O2/c1-14(2)10(9(13)11(15)16)7-3-5-8(12)6-4-7/h3-6,9-10H,13H2,1-2H3,(H,15,16). The number of hydrogen-bond acceptors (Lipinski definition) is 3. The molecule has 5 heteroatoms. The SMILES string of the molecule is CN(C)C(c1ccc(Cl)cc1)C(N)C(=O)O. The van der Waals surface area contributed by atoms with Crippen LogP contribution in [0, 0.1) is 0 Å². The van der Waals surface area contributed by atoms with Gasteiger partial charge in [0.2, 0.25) is 0 Å². The topological polar surface area (TPSA) is 66.6 Å². The van der Waals surface area contributed by atoms with Crippen LogP contribution in [0.4, 0.5) is 0 Å². The first-order valence-corrected chi connectivity index (χ1v) is 5.21. The maximum Gasteiger partial charge on any atom is 0.322 e. The van der Waals surface area contributed by atoms with Gasteiger partial charge in [-0.15, -0.1) is 0 Å². The predicted molar refractivity (Wildman–Crippen MR) is 63.5 cm³/mol. The predicted octanol–water partition coefficient (Wildman–Crippen LogP) is 1.35. The molecule has 4 nitrogen and oxygen atoms in total. The van der Waals surface area contributed by atoms with Crippen LogP contribution >= 0.6 is 11.6 Å². The average Bonchev–Trinajstić information content (AvgIpc) is 2.20. The van der Waals surface area contributed by atoms with Gasteiger partial charge in [-0.25, -0.2) is 0 Å². The van der Waals surface area contributed by atoms with Crippen LogP contribution in [0.5, 0.6) is 0 Å². The Balaban J connectivity index is 3.03. The summed E-state index contributed by atoms with van der Waals surface area (Å²) < 4.78 is 0. The first kappa shape index (κ1) is 13.0. The fourth-order valence-electron chi connectivity index (χ4n) is 1.62. The monoisotopic (exact) mass is 242 g/mol.